The SMILES string of the molecule is CCN(CC)CCOc1cc2nc[nH]c(=O)c2cc1N. The maximum absolute atomic E-state index is 11.6. The van der Waals surface area contributed by atoms with Crippen LogP contribution < -0.4 is 16.0 Å². The Hall–Kier alpha value is -2.08. The van der Waals surface area contributed by atoms with Crippen molar-refractivity contribution in [2.75, 3.05) is 32.0 Å². The molecular weight excluding hydrogens is 256 g/mol. The van der Waals surface area contributed by atoms with Gasteiger partial charge in [-0.2, -0.15) is 0 Å². The first-order valence-corrected chi connectivity index (χ1v) is 6.77. The summed E-state index contributed by atoms with van der Waals surface area (Å²) < 4.78 is 5.70. The van der Waals surface area contributed by atoms with E-state index in [4.69, 9.17) is 10.5 Å². The summed E-state index contributed by atoms with van der Waals surface area (Å²) in [5.74, 6) is 0.572. The number of nitrogen functional groups attached to an aromatic ring is 1. The molecule has 0 aliphatic carbocycles. The fourth-order valence-corrected chi connectivity index (χ4v) is 2.06. The summed E-state index contributed by atoms with van der Waals surface area (Å²) in [6.45, 7) is 7.61. The number of fused-ring (bicyclic) bond motifs is 1. The number of anilines is 1. The molecule has 1 heterocycles. The number of benzene rings is 1. The van der Waals surface area contributed by atoms with Gasteiger partial charge in [-0.3, -0.25) is 4.79 Å². The van der Waals surface area contributed by atoms with Crippen molar-refractivity contribution in [1.29, 1.82) is 0 Å². The summed E-state index contributed by atoms with van der Waals surface area (Å²) in [7, 11) is 0. The minimum Gasteiger partial charge on any atom is -0.490 e. The number of nitrogens with two attached hydrogens (primary N) is 1. The van der Waals surface area contributed by atoms with Crippen molar-refractivity contribution in [3.63, 3.8) is 0 Å². The molecule has 0 aliphatic rings. The second kappa shape index (κ2) is 6.38. The van der Waals surface area contributed by atoms with Crippen molar-refractivity contribution in [2.24, 2.45) is 0 Å². The lowest BCUT2D eigenvalue weighted by atomic mass is 10.2. The van der Waals surface area contributed by atoms with Crippen LogP contribution in [0.4, 0.5) is 5.69 Å². The standard InChI is InChI=1S/C14H20N4O2/c1-3-18(4-2)5-6-20-13-8-12-10(7-11(13)15)14(19)17-9-16-12/h7-9H,3-6,15H2,1-2H3,(H,16,17,19). The number of H-pyrrole nitrogens is 1. The topological polar surface area (TPSA) is 84.2 Å². The quantitative estimate of drug-likeness (QED) is 0.775. The third kappa shape index (κ3) is 3.08. The van der Waals surface area contributed by atoms with Crippen molar-refractivity contribution >= 4 is 16.6 Å². The first kappa shape index (κ1) is 14.3. The summed E-state index contributed by atoms with van der Waals surface area (Å²) in [5.41, 5.74) is 6.76. The van der Waals surface area contributed by atoms with E-state index in [1.54, 1.807) is 12.1 Å². The number of aromatic amines is 1. The first-order chi connectivity index (χ1) is 9.65. The van der Waals surface area contributed by atoms with Gasteiger partial charge in [0.05, 0.1) is 22.9 Å². The number of rotatable bonds is 6. The van der Waals surface area contributed by atoms with E-state index in [1.165, 1.54) is 6.33 Å². The molecule has 2 rings (SSSR count). The highest BCUT2D eigenvalue weighted by molar-refractivity contribution is 5.84. The van der Waals surface area contributed by atoms with Crippen LogP contribution >= 0.6 is 0 Å². The third-order valence-corrected chi connectivity index (χ3v) is 3.33. The van der Waals surface area contributed by atoms with Crippen LogP contribution in [-0.2, 0) is 0 Å². The molecule has 1 aromatic heterocycles. The number of likely N-dealkylation sites (N-methyl/N-ethyl adjacent to an activating group) is 1. The Morgan fingerprint density at radius 2 is 2.10 bits per heavy atom. The highest BCUT2D eigenvalue weighted by atomic mass is 16.5. The van der Waals surface area contributed by atoms with E-state index in [0.717, 1.165) is 19.6 Å². The van der Waals surface area contributed by atoms with E-state index in [2.05, 4.69) is 28.7 Å². The van der Waals surface area contributed by atoms with E-state index >= 15 is 0 Å². The molecule has 0 unspecified atom stereocenters. The minimum atomic E-state index is -0.198. The number of nitrogens with one attached hydrogen (secondary N) is 1. The zero-order valence-corrected chi connectivity index (χ0v) is 11.8. The van der Waals surface area contributed by atoms with Crippen molar-refractivity contribution < 1.29 is 4.74 Å². The van der Waals surface area contributed by atoms with Gasteiger partial charge in [0.25, 0.3) is 5.56 Å². The van der Waals surface area contributed by atoms with Gasteiger partial charge in [0.2, 0.25) is 0 Å². The van der Waals surface area contributed by atoms with Crippen LogP contribution in [0, 0.1) is 0 Å². The first-order valence-electron chi connectivity index (χ1n) is 6.77. The Labute approximate surface area is 117 Å². The molecule has 0 atom stereocenters. The predicted molar refractivity (Wildman–Crippen MR) is 80.1 cm³/mol. The Balaban J connectivity index is 2.14. The minimum absolute atomic E-state index is 0.198. The van der Waals surface area contributed by atoms with Gasteiger partial charge in [-0.05, 0) is 19.2 Å². The molecule has 0 saturated heterocycles. The number of hydrogen-bond donors (Lipinski definition) is 2. The van der Waals surface area contributed by atoms with Gasteiger partial charge in [0.15, 0.2) is 0 Å². The molecule has 1 aromatic carbocycles. The molecule has 3 N–H and O–H groups in total. The van der Waals surface area contributed by atoms with E-state index < -0.39 is 0 Å². The van der Waals surface area contributed by atoms with Gasteiger partial charge in [0.1, 0.15) is 12.4 Å². The van der Waals surface area contributed by atoms with Gasteiger partial charge in [-0.15, -0.1) is 0 Å². The highest BCUT2D eigenvalue weighted by Gasteiger charge is 2.07. The molecule has 0 radical (unpaired) electrons. The number of aromatic nitrogens is 2. The van der Waals surface area contributed by atoms with Crippen LogP contribution in [0.3, 0.4) is 0 Å². The predicted octanol–water partition coefficient (Wildman–Crippen LogP) is 1.23. The van der Waals surface area contributed by atoms with Crippen LogP contribution in [0.25, 0.3) is 10.9 Å². The lowest BCUT2D eigenvalue weighted by Crippen LogP contribution is -2.28. The molecule has 108 valence electrons. The maximum Gasteiger partial charge on any atom is 0.258 e. The van der Waals surface area contributed by atoms with Crippen molar-refractivity contribution in [2.45, 2.75) is 13.8 Å². The van der Waals surface area contributed by atoms with Gasteiger partial charge in [-0.1, -0.05) is 13.8 Å². The third-order valence-electron chi connectivity index (χ3n) is 3.33. The van der Waals surface area contributed by atoms with Crippen molar-refractivity contribution in [1.82, 2.24) is 14.9 Å². The van der Waals surface area contributed by atoms with Crippen molar-refractivity contribution in [3.8, 4) is 5.75 Å². The lowest BCUT2D eigenvalue weighted by Gasteiger charge is -2.18. The Morgan fingerprint density at radius 3 is 2.80 bits per heavy atom. The Kier molecular flexibility index (Phi) is 4.57. The lowest BCUT2D eigenvalue weighted by molar-refractivity contribution is 0.223. The molecule has 0 amide bonds. The van der Waals surface area contributed by atoms with E-state index in [-0.39, 0.29) is 5.56 Å². The van der Waals surface area contributed by atoms with Gasteiger partial charge < -0.3 is 20.4 Å². The highest BCUT2D eigenvalue weighted by Crippen LogP contribution is 2.25. The van der Waals surface area contributed by atoms with E-state index in [9.17, 15) is 4.79 Å². The van der Waals surface area contributed by atoms with Crippen LogP contribution in [0.15, 0.2) is 23.3 Å². The average molecular weight is 276 g/mol. The van der Waals surface area contributed by atoms with Crippen LogP contribution in [-0.4, -0.2) is 41.1 Å². The summed E-state index contributed by atoms with van der Waals surface area (Å²) in [5, 5.41) is 0.473. The fourth-order valence-electron chi connectivity index (χ4n) is 2.06. The zero-order chi connectivity index (χ0) is 14.5. The van der Waals surface area contributed by atoms with Gasteiger partial charge in [0, 0.05) is 12.6 Å². The van der Waals surface area contributed by atoms with Crippen molar-refractivity contribution in [3.05, 3.63) is 28.8 Å². The summed E-state index contributed by atoms with van der Waals surface area (Å²) >= 11 is 0. The second-order valence-electron chi connectivity index (χ2n) is 4.51. The fraction of sp³-hybridized carbons (Fsp3) is 0.429. The summed E-state index contributed by atoms with van der Waals surface area (Å²) in [4.78, 5) is 20.5. The number of nitrogens with zero attached hydrogens (tertiary/aromatic N) is 2. The van der Waals surface area contributed by atoms with Gasteiger partial charge >= 0.3 is 0 Å². The molecule has 0 bridgehead atoms. The van der Waals surface area contributed by atoms with E-state index in [0.29, 0.717) is 28.9 Å². The Morgan fingerprint density at radius 1 is 1.35 bits per heavy atom. The molecular formula is C14H20N4O2. The molecule has 0 saturated carbocycles. The van der Waals surface area contributed by atoms with Crippen LogP contribution in [0.2, 0.25) is 0 Å². The van der Waals surface area contributed by atoms with Gasteiger partial charge in [-0.25, -0.2) is 4.98 Å². The number of hydrogen-bond acceptors (Lipinski definition) is 5. The largest absolute Gasteiger partial charge is 0.490 e. The Bertz CT molecular complexity index is 635. The molecule has 2 aromatic rings. The molecule has 0 aliphatic heterocycles. The zero-order valence-electron chi connectivity index (χ0n) is 11.8. The molecule has 0 spiro atoms. The monoisotopic (exact) mass is 276 g/mol. The van der Waals surface area contributed by atoms with Crippen LogP contribution in [0.5, 0.6) is 5.75 Å². The smallest absolute Gasteiger partial charge is 0.258 e. The second-order valence-corrected chi connectivity index (χ2v) is 4.51. The number of ether oxygens (including phenoxy) is 1. The average Bonchev–Trinajstić information content (AvgIpc) is 2.45. The summed E-state index contributed by atoms with van der Waals surface area (Å²) in [6, 6.07) is 3.32. The molecule has 20 heavy (non-hydrogen) atoms. The maximum atomic E-state index is 11.6. The molecule has 6 nitrogen and oxygen atoms in total. The summed E-state index contributed by atoms with van der Waals surface area (Å²) in [6.07, 6.45) is 1.38. The molecule has 6 heteroatoms. The normalized spacial score (nSPS) is 11.2. The van der Waals surface area contributed by atoms with Crippen LogP contribution in [0.1, 0.15) is 13.8 Å². The van der Waals surface area contributed by atoms with E-state index in [1.807, 2.05) is 0 Å². The molecule has 0 fully saturated rings.